The third-order valence-corrected chi connectivity index (χ3v) is 4.88. The van der Waals surface area contributed by atoms with Crippen LogP contribution in [0.3, 0.4) is 0 Å². The van der Waals surface area contributed by atoms with Gasteiger partial charge in [0.15, 0.2) is 0 Å². The van der Waals surface area contributed by atoms with Gasteiger partial charge in [-0.05, 0) is 41.0 Å². The summed E-state index contributed by atoms with van der Waals surface area (Å²) in [6.45, 7) is 4.10. The molecule has 34 heavy (non-hydrogen) atoms. The Morgan fingerprint density at radius 1 is 0.500 bits per heavy atom. The van der Waals surface area contributed by atoms with Gasteiger partial charge in [-0.15, -0.1) is 0 Å². The summed E-state index contributed by atoms with van der Waals surface area (Å²) in [5, 5.41) is 6.26. The van der Waals surface area contributed by atoms with Crippen LogP contribution in [0.4, 0.5) is 23.3 Å². The van der Waals surface area contributed by atoms with Crippen LogP contribution in [0.25, 0.3) is 5.57 Å². The lowest BCUT2D eigenvalue weighted by Crippen LogP contribution is -2.02. The fraction of sp³-hybridized carbons (Fsp3) is 0. The molecule has 4 aromatic carbocycles. The number of aromatic nitrogens is 3. The number of benzene rings is 4. The smallest absolute Gasteiger partial charge is 0.232 e. The summed E-state index contributed by atoms with van der Waals surface area (Å²) >= 11 is 0. The number of anilines is 4. The zero-order chi connectivity index (χ0) is 23.4. The van der Waals surface area contributed by atoms with E-state index < -0.39 is 0 Å². The Hall–Kier alpha value is -4.77. The van der Waals surface area contributed by atoms with Crippen molar-refractivity contribution in [3.05, 3.63) is 145 Å². The molecule has 5 heteroatoms. The monoisotopic (exact) mass is 443 g/mol. The van der Waals surface area contributed by atoms with E-state index in [4.69, 9.17) is 0 Å². The third kappa shape index (κ3) is 6.61. The lowest BCUT2D eigenvalue weighted by Gasteiger charge is -2.07. The normalized spacial score (nSPS) is 9.88. The van der Waals surface area contributed by atoms with Crippen molar-refractivity contribution >= 4 is 28.8 Å². The fourth-order valence-electron chi connectivity index (χ4n) is 3.16. The molecular weight excluding hydrogens is 418 g/mol. The predicted molar refractivity (Wildman–Crippen MR) is 140 cm³/mol. The average Bonchev–Trinajstić information content (AvgIpc) is 2.91. The van der Waals surface area contributed by atoms with Gasteiger partial charge in [0.2, 0.25) is 11.9 Å². The van der Waals surface area contributed by atoms with Crippen LogP contribution in [-0.2, 0) is 0 Å². The van der Waals surface area contributed by atoms with E-state index in [1.165, 1.54) is 17.5 Å². The zero-order valence-electron chi connectivity index (χ0n) is 18.7. The zero-order valence-corrected chi connectivity index (χ0v) is 18.7. The molecule has 0 saturated carbocycles. The first kappa shape index (κ1) is 22.4. The summed E-state index contributed by atoms with van der Waals surface area (Å²) in [6.07, 6.45) is 1.48. The molecule has 0 aliphatic carbocycles. The van der Waals surface area contributed by atoms with Crippen LogP contribution in [0.2, 0.25) is 0 Å². The second-order valence-corrected chi connectivity index (χ2v) is 7.33. The van der Waals surface area contributed by atoms with Crippen LogP contribution in [0.1, 0.15) is 11.1 Å². The Kier molecular flexibility index (Phi) is 7.74. The van der Waals surface area contributed by atoms with Gasteiger partial charge in [0.1, 0.15) is 6.33 Å². The molecular formula is C29H25N5. The molecule has 0 amide bonds. The Morgan fingerprint density at radius 3 is 1.24 bits per heavy atom. The van der Waals surface area contributed by atoms with Crippen LogP contribution in [0.5, 0.6) is 0 Å². The van der Waals surface area contributed by atoms with Gasteiger partial charge < -0.3 is 10.6 Å². The molecule has 5 aromatic rings. The van der Waals surface area contributed by atoms with E-state index >= 15 is 0 Å². The molecule has 0 fully saturated rings. The van der Waals surface area contributed by atoms with Crippen molar-refractivity contribution in [2.24, 2.45) is 0 Å². The minimum Gasteiger partial charge on any atom is -0.324 e. The second kappa shape index (κ2) is 11.7. The van der Waals surface area contributed by atoms with E-state index in [1.54, 1.807) is 0 Å². The molecule has 0 radical (unpaired) electrons. The van der Waals surface area contributed by atoms with Crippen LogP contribution in [0, 0.1) is 0 Å². The molecule has 1 heterocycles. The minimum absolute atomic E-state index is 0.504. The van der Waals surface area contributed by atoms with Gasteiger partial charge in [-0.1, -0.05) is 104 Å². The Bertz CT molecular complexity index is 1190. The largest absolute Gasteiger partial charge is 0.324 e. The van der Waals surface area contributed by atoms with Crippen molar-refractivity contribution in [3.63, 3.8) is 0 Å². The lowest BCUT2D eigenvalue weighted by atomic mass is 10.0. The Morgan fingerprint density at radius 2 is 0.853 bits per heavy atom. The van der Waals surface area contributed by atoms with Gasteiger partial charge in [0.05, 0.1) is 0 Å². The predicted octanol–water partition coefficient (Wildman–Crippen LogP) is 7.11. The van der Waals surface area contributed by atoms with E-state index in [0.717, 1.165) is 16.9 Å². The fourth-order valence-corrected chi connectivity index (χ4v) is 3.16. The first-order chi connectivity index (χ1) is 16.8. The average molecular weight is 444 g/mol. The molecule has 5 rings (SSSR count). The van der Waals surface area contributed by atoms with Crippen LogP contribution in [-0.4, -0.2) is 15.0 Å². The Labute approximate surface area is 199 Å². The summed E-state index contributed by atoms with van der Waals surface area (Å²) in [5.41, 5.74) is 5.30. The molecule has 0 unspecified atom stereocenters. The number of nitrogens with one attached hydrogen (secondary N) is 2. The lowest BCUT2D eigenvalue weighted by molar-refractivity contribution is 1.06. The summed E-state index contributed by atoms with van der Waals surface area (Å²) in [5.74, 6) is 1.01. The highest BCUT2D eigenvalue weighted by atomic mass is 15.2. The highest BCUT2D eigenvalue weighted by Crippen LogP contribution is 2.20. The second-order valence-electron chi connectivity index (χ2n) is 7.33. The maximum atomic E-state index is 4.32. The van der Waals surface area contributed by atoms with Crippen molar-refractivity contribution in [1.29, 1.82) is 0 Å². The molecule has 166 valence electrons. The number of para-hydroxylation sites is 2. The van der Waals surface area contributed by atoms with Crippen molar-refractivity contribution in [1.82, 2.24) is 15.0 Å². The van der Waals surface area contributed by atoms with E-state index in [9.17, 15) is 0 Å². The summed E-state index contributed by atoms with van der Waals surface area (Å²) in [7, 11) is 0. The first-order valence-corrected chi connectivity index (χ1v) is 10.9. The standard InChI is InChI=1S/C15H13N5.C14H12/c1-3-7-12(8-4-1)18-14-16-11-17-15(20-14)19-13-9-5-2-6-10-13;1-12(13-8-4-2-5-9-13)14-10-6-3-7-11-14/h1-11H,(H2,16,17,18,19,20);2-11H,1H2. The third-order valence-electron chi connectivity index (χ3n) is 4.88. The molecule has 5 nitrogen and oxygen atoms in total. The van der Waals surface area contributed by atoms with Gasteiger partial charge in [0, 0.05) is 11.4 Å². The molecule has 1 aromatic heterocycles. The topological polar surface area (TPSA) is 62.7 Å². The van der Waals surface area contributed by atoms with Crippen LogP contribution in [0.15, 0.2) is 134 Å². The van der Waals surface area contributed by atoms with Crippen molar-refractivity contribution in [3.8, 4) is 0 Å². The molecule has 0 saturated heterocycles. The van der Waals surface area contributed by atoms with Crippen molar-refractivity contribution in [2.75, 3.05) is 10.6 Å². The van der Waals surface area contributed by atoms with Crippen molar-refractivity contribution < 1.29 is 0 Å². The van der Waals surface area contributed by atoms with E-state index in [0.29, 0.717) is 11.9 Å². The molecule has 0 aliphatic heterocycles. The maximum absolute atomic E-state index is 4.32. The Balaban J connectivity index is 0.000000172. The molecule has 0 spiro atoms. The first-order valence-electron chi connectivity index (χ1n) is 10.9. The van der Waals surface area contributed by atoms with E-state index in [1.807, 2.05) is 97.1 Å². The molecule has 0 aliphatic rings. The van der Waals surface area contributed by atoms with Gasteiger partial charge in [-0.2, -0.15) is 4.98 Å². The SMILES string of the molecule is C=C(c1ccccc1)c1ccccc1.c1ccc(Nc2ncnc(Nc3ccccc3)n2)cc1. The number of hydrogen-bond donors (Lipinski definition) is 2. The summed E-state index contributed by atoms with van der Waals surface area (Å²) in [6, 6.07) is 40.0. The van der Waals surface area contributed by atoms with Crippen LogP contribution < -0.4 is 10.6 Å². The van der Waals surface area contributed by atoms with Gasteiger partial charge in [-0.3, -0.25) is 0 Å². The maximum Gasteiger partial charge on any atom is 0.232 e. The van der Waals surface area contributed by atoms with E-state index in [2.05, 4.69) is 56.4 Å². The number of nitrogens with zero attached hydrogens (tertiary/aromatic N) is 3. The molecule has 0 atom stereocenters. The number of hydrogen-bond acceptors (Lipinski definition) is 5. The minimum atomic E-state index is 0.504. The molecule has 0 bridgehead atoms. The van der Waals surface area contributed by atoms with E-state index in [-0.39, 0.29) is 0 Å². The quantitative estimate of drug-likeness (QED) is 0.293. The summed E-state index contributed by atoms with van der Waals surface area (Å²) in [4.78, 5) is 12.5. The van der Waals surface area contributed by atoms with Gasteiger partial charge in [0.25, 0.3) is 0 Å². The highest BCUT2D eigenvalue weighted by Gasteiger charge is 2.02. The molecule has 2 N–H and O–H groups in total. The van der Waals surface area contributed by atoms with Gasteiger partial charge in [-0.25, -0.2) is 9.97 Å². The summed E-state index contributed by atoms with van der Waals surface area (Å²) < 4.78 is 0. The number of rotatable bonds is 6. The van der Waals surface area contributed by atoms with Crippen molar-refractivity contribution in [2.45, 2.75) is 0 Å². The van der Waals surface area contributed by atoms with Gasteiger partial charge >= 0.3 is 0 Å². The van der Waals surface area contributed by atoms with Crippen LogP contribution >= 0.6 is 0 Å². The highest BCUT2D eigenvalue weighted by molar-refractivity contribution is 5.77.